The van der Waals surface area contributed by atoms with E-state index in [1.54, 1.807) is 18.2 Å². The van der Waals surface area contributed by atoms with Crippen molar-refractivity contribution in [2.45, 2.75) is 13.5 Å². The van der Waals surface area contributed by atoms with Gasteiger partial charge in [-0.1, -0.05) is 59.6 Å². The monoisotopic (exact) mass is 511 g/mol. The molecule has 0 heterocycles. The smallest absolute Gasteiger partial charge is 0.272 e. The number of nitrogens with zero attached hydrogens (tertiary/aromatic N) is 2. The first-order valence-electron chi connectivity index (χ1n) is 10.3. The molecule has 0 unspecified atom stereocenters. The van der Waals surface area contributed by atoms with Gasteiger partial charge in [0.1, 0.15) is 18.2 Å². The number of carbonyl (C=O) groups excluding carboxylic acids is 1. The zero-order valence-electron chi connectivity index (χ0n) is 18.5. The largest absolute Gasteiger partial charge is 0.490 e. The van der Waals surface area contributed by atoms with Crippen molar-refractivity contribution in [3.8, 4) is 17.6 Å². The van der Waals surface area contributed by atoms with Crippen LogP contribution in [0.3, 0.4) is 0 Å². The van der Waals surface area contributed by atoms with E-state index in [1.165, 1.54) is 6.08 Å². The van der Waals surface area contributed by atoms with E-state index in [4.69, 9.17) is 32.7 Å². The molecule has 1 N–H and O–H groups in total. The van der Waals surface area contributed by atoms with Crippen LogP contribution < -0.4 is 14.8 Å². The third kappa shape index (κ3) is 6.73. The quantitative estimate of drug-likeness (QED) is 0.153. The standard InChI is InChI=1S/C25H19Cl2N3O5/c1-2-34-23-11-17(8-9-22(23)35-15-16-6-4-3-5-7-16)10-18(14-28)25(31)29-24-20(26)12-19(30(32)33)13-21(24)27/h3-13H,2,15H2,1H3,(H,29,31)/b18-10+. The highest BCUT2D eigenvalue weighted by molar-refractivity contribution is 6.40. The van der Waals surface area contributed by atoms with Gasteiger partial charge in [-0.2, -0.15) is 5.26 Å². The normalized spacial score (nSPS) is 10.9. The van der Waals surface area contributed by atoms with Crippen LogP contribution in [0, 0.1) is 21.4 Å². The Labute approximate surface area is 211 Å². The predicted molar refractivity (Wildman–Crippen MR) is 134 cm³/mol. The highest BCUT2D eigenvalue weighted by Gasteiger charge is 2.18. The molecule has 8 nitrogen and oxygen atoms in total. The first-order chi connectivity index (χ1) is 16.8. The van der Waals surface area contributed by atoms with E-state index in [0.717, 1.165) is 17.7 Å². The van der Waals surface area contributed by atoms with Crippen LogP contribution in [-0.4, -0.2) is 17.4 Å². The minimum Gasteiger partial charge on any atom is -0.490 e. The van der Waals surface area contributed by atoms with Crippen LogP contribution >= 0.6 is 23.2 Å². The average molecular weight is 512 g/mol. The fourth-order valence-corrected chi connectivity index (χ4v) is 3.59. The molecule has 35 heavy (non-hydrogen) atoms. The van der Waals surface area contributed by atoms with Gasteiger partial charge < -0.3 is 14.8 Å². The molecule has 3 rings (SSSR count). The Morgan fingerprint density at radius 2 is 1.77 bits per heavy atom. The summed E-state index contributed by atoms with van der Waals surface area (Å²) in [5.41, 5.74) is 0.909. The molecular formula is C25H19Cl2N3O5. The van der Waals surface area contributed by atoms with Crippen LogP contribution in [0.15, 0.2) is 66.2 Å². The van der Waals surface area contributed by atoms with Crippen LogP contribution in [0.1, 0.15) is 18.1 Å². The van der Waals surface area contributed by atoms with Crippen molar-refractivity contribution in [3.63, 3.8) is 0 Å². The van der Waals surface area contributed by atoms with Crippen molar-refractivity contribution in [1.29, 1.82) is 5.26 Å². The average Bonchev–Trinajstić information content (AvgIpc) is 2.84. The van der Waals surface area contributed by atoms with Gasteiger partial charge in [0, 0.05) is 12.1 Å². The lowest BCUT2D eigenvalue weighted by Crippen LogP contribution is -2.14. The summed E-state index contributed by atoms with van der Waals surface area (Å²) in [6.07, 6.45) is 1.37. The van der Waals surface area contributed by atoms with Gasteiger partial charge in [0.05, 0.1) is 27.3 Å². The van der Waals surface area contributed by atoms with Crippen molar-refractivity contribution >= 4 is 46.6 Å². The Hall–Kier alpha value is -4.06. The molecule has 0 spiro atoms. The van der Waals surface area contributed by atoms with Gasteiger partial charge >= 0.3 is 0 Å². The highest BCUT2D eigenvalue weighted by Crippen LogP contribution is 2.35. The maximum Gasteiger partial charge on any atom is 0.272 e. The molecule has 0 saturated heterocycles. The maximum absolute atomic E-state index is 12.7. The topological polar surface area (TPSA) is 114 Å². The van der Waals surface area contributed by atoms with Gasteiger partial charge in [0.15, 0.2) is 11.5 Å². The summed E-state index contributed by atoms with van der Waals surface area (Å²) in [6, 6.07) is 18.6. The van der Waals surface area contributed by atoms with E-state index >= 15 is 0 Å². The number of hydrogen-bond acceptors (Lipinski definition) is 6. The number of anilines is 1. The number of nitrogens with one attached hydrogen (secondary N) is 1. The van der Waals surface area contributed by atoms with Crippen molar-refractivity contribution in [1.82, 2.24) is 0 Å². The first kappa shape index (κ1) is 25.6. The molecule has 178 valence electrons. The molecule has 0 aliphatic heterocycles. The van der Waals surface area contributed by atoms with Crippen molar-refractivity contribution in [2.75, 3.05) is 11.9 Å². The summed E-state index contributed by atoms with van der Waals surface area (Å²) >= 11 is 12.1. The molecule has 0 fully saturated rings. The molecule has 0 aromatic heterocycles. The van der Waals surface area contributed by atoms with Crippen LogP contribution in [0.4, 0.5) is 11.4 Å². The molecule has 1 amide bonds. The van der Waals surface area contributed by atoms with Gasteiger partial charge in [0.25, 0.3) is 11.6 Å². The zero-order chi connectivity index (χ0) is 25.4. The molecule has 0 radical (unpaired) electrons. The lowest BCUT2D eigenvalue weighted by Gasteiger charge is -2.13. The minimum absolute atomic E-state index is 0.0373. The molecule has 3 aromatic carbocycles. The second kappa shape index (κ2) is 11.9. The van der Waals surface area contributed by atoms with Gasteiger partial charge in [-0.15, -0.1) is 0 Å². The molecule has 0 saturated carbocycles. The lowest BCUT2D eigenvalue weighted by molar-refractivity contribution is -0.384. The van der Waals surface area contributed by atoms with Crippen molar-refractivity contribution in [2.24, 2.45) is 0 Å². The lowest BCUT2D eigenvalue weighted by atomic mass is 10.1. The van der Waals surface area contributed by atoms with Crippen molar-refractivity contribution in [3.05, 3.63) is 97.5 Å². The van der Waals surface area contributed by atoms with Gasteiger partial charge in [-0.05, 0) is 36.3 Å². The number of rotatable bonds is 9. The minimum atomic E-state index is -0.785. The molecule has 3 aromatic rings. The summed E-state index contributed by atoms with van der Waals surface area (Å²) in [5, 5.41) is 22.6. The number of non-ortho nitro benzene ring substituents is 1. The molecule has 0 bridgehead atoms. The number of benzene rings is 3. The van der Waals surface area contributed by atoms with E-state index in [-0.39, 0.29) is 27.0 Å². The Balaban J connectivity index is 1.82. The Kier molecular flexibility index (Phi) is 8.68. The number of nitriles is 1. The molecule has 0 atom stereocenters. The number of hydrogen-bond donors (Lipinski definition) is 1. The summed E-state index contributed by atoms with van der Waals surface area (Å²) in [7, 11) is 0. The Morgan fingerprint density at radius 3 is 2.37 bits per heavy atom. The predicted octanol–water partition coefficient (Wildman–Crippen LogP) is 6.42. The number of carbonyl (C=O) groups is 1. The highest BCUT2D eigenvalue weighted by atomic mass is 35.5. The number of nitro groups is 1. The third-order valence-electron chi connectivity index (χ3n) is 4.66. The second-order valence-electron chi connectivity index (χ2n) is 7.08. The molecular weight excluding hydrogens is 493 g/mol. The first-order valence-corrected chi connectivity index (χ1v) is 11.1. The number of amides is 1. The van der Waals surface area contributed by atoms with Crippen LogP contribution in [0.2, 0.25) is 10.0 Å². The zero-order valence-corrected chi connectivity index (χ0v) is 20.0. The van der Waals surface area contributed by atoms with E-state index in [0.29, 0.717) is 30.3 Å². The Morgan fingerprint density at radius 1 is 1.09 bits per heavy atom. The Bertz CT molecular complexity index is 1300. The van der Waals surface area contributed by atoms with Gasteiger partial charge in [-0.25, -0.2) is 0 Å². The fraction of sp³-hybridized carbons (Fsp3) is 0.120. The number of nitro benzene ring substituents is 1. The summed E-state index contributed by atoms with van der Waals surface area (Å²) in [5.74, 6) is 0.184. The fourth-order valence-electron chi connectivity index (χ4n) is 3.02. The van der Waals surface area contributed by atoms with E-state index in [9.17, 15) is 20.2 Å². The number of halogens is 2. The summed E-state index contributed by atoms with van der Waals surface area (Å²) in [6.45, 7) is 2.56. The van der Waals surface area contributed by atoms with Crippen molar-refractivity contribution < 1.29 is 19.2 Å². The molecule has 10 heteroatoms. The molecule has 0 aliphatic rings. The third-order valence-corrected chi connectivity index (χ3v) is 5.25. The second-order valence-corrected chi connectivity index (χ2v) is 7.89. The SMILES string of the molecule is CCOc1cc(/C=C(\C#N)C(=O)Nc2c(Cl)cc([N+](=O)[O-])cc2Cl)ccc1OCc1ccccc1. The van der Waals surface area contributed by atoms with Gasteiger partial charge in [0.2, 0.25) is 0 Å². The van der Waals surface area contributed by atoms with Crippen LogP contribution in [0.25, 0.3) is 6.08 Å². The number of ether oxygens (including phenoxy) is 2. The summed E-state index contributed by atoms with van der Waals surface area (Å²) in [4.78, 5) is 23.0. The van der Waals surface area contributed by atoms with E-state index in [1.807, 2.05) is 43.3 Å². The maximum atomic E-state index is 12.7. The summed E-state index contributed by atoms with van der Waals surface area (Å²) < 4.78 is 11.5. The van der Waals surface area contributed by atoms with Crippen LogP contribution in [-0.2, 0) is 11.4 Å². The van der Waals surface area contributed by atoms with Crippen LogP contribution in [0.5, 0.6) is 11.5 Å². The van der Waals surface area contributed by atoms with Gasteiger partial charge in [-0.3, -0.25) is 14.9 Å². The molecule has 0 aliphatic carbocycles. The van der Waals surface area contributed by atoms with E-state index in [2.05, 4.69) is 5.32 Å². The van der Waals surface area contributed by atoms with E-state index < -0.39 is 10.8 Å².